The molecule has 1 aromatic rings. The second-order valence-corrected chi connectivity index (χ2v) is 5.73. The van der Waals surface area contributed by atoms with Crippen molar-refractivity contribution >= 4 is 5.91 Å². The van der Waals surface area contributed by atoms with Crippen molar-refractivity contribution < 1.29 is 9.90 Å². The predicted molar refractivity (Wildman–Crippen MR) is 77.2 cm³/mol. The maximum atomic E-state index is 12.0. The topological polar surface area (TPSA) is 74.2 Å². The van der Waals surface area contributed by atoms with Gasteiger partial charge in [-0.15, -0.1) is 0 Å². The summed E-state index contributed by atoms with van der Waals surface area (Å²) in [5.41, 5.74) is 1.14. The van der Waals surface area contributed by atoms with E-state index in [-0.39, 0.29) is 17.9 Å². The van der Waals surface area contributed by atoms with Crippen molar-refractivity contribution in [2.45, 2.75) is 38.3 Å². The number of amides is 1. The molecule has 1 aliphatic rings. The Kier molecular flexibility index (Phi) is 5.09. The Morgan fingerprint density at radius 2 is 2.40 bits per heavy atom. The molecule has 0 aliphatic carbocycles. The van der Waals surface area contributed by atoms with Gasteiger partial charge in [-0.3, -0.25) is 9.78 Å². The lowest BCUT2D eigenvalue weighted by molar-refractivity contribution is -0.123. The van der Waals surface area contributed by atoms with Crippen molar-refractivity contribution in [1.82, 2.24) is 15.6 Å². The first-order valence-corrected chi connectivity index (χ1v) is 7.17. The van der Waals surface area contributed by atoms with Gasteiger partial charge >= 0.3 is 0 Å². The van der Waals surface area contributed by atoms with Gasteiger partial charge in [-0.2, -0.15) is 0 Å². The lowest BCUT2D eigenvalue weighted by Crippen LogP contribution is -2.42. The molecular formula is C15H23N3O2. The summed E-state index contributed by atoms with van der Waals surface area (Å²) in [6.07, 6.45) is 3.69. The number of aliphatic hydroxyl groups is 1. The fraction of sp³-hybridized carbons (Fsp3) is 0.600. The largest absolute Gasteiger partial charge is 0.392 e. The van der Waals surface area contributed by atoms with E-state index in [1.165, 1.54) is 0 Å². The van der Waals surface area contributed by atoms with Crippen LogP contribution in [0.25, 0.3) is 0 Å². The molecule has 5 nitrogen and oxygen atoms in total. The highest BCUT2D eigenvalue weighted by Gasteiger charge is 2.28. The van der Waals surface area contributed by atoms with Crippen molar-refractivity contribution in [2.75, 3.05) is 13.1 Å². The Hall–Kier alpha value is -1.46. The molecule has 5 heteroatoms. The number of carbonyl (C=O) groups is 1. The molecule has 0 radical (unpaired) electrons. The minimum absolute atomic E-state index is 0.0314. The Bertz CT molecular complexity index is 436. The van der Waals surface area contributed by atoms with Crippen LogP contribution in [-0.4, -0.2) is 41.2 Å². The SMILES string of the molecule is CC(C)C(CNC(=O)C1CC(O)CN1)c1cccnc1. The Balaban J connectivity index is 1.91. The summed E-state index contributed by atoms with van der Waals surface area (Å²) in [4.78, 5) is 16.2. The minimum atomic E-state index is -0.412. The molecule has 0 saturated carbocycles. The summed E-state index contributed by atoms with van der Waals surface area (Å²) < 4.78 is 0. The van der Waals surface area contributed by atoms with Gasteiger partial charge in [0.2, 0.25) is 5.91 Å². The Labute approximate surface area is 119 Å². The number of aromatic nitrogens is 1. The van der Waals surface area contributed by atoms with Crippen molar-refractivity contribution in [3.05, 3.63) is 30.1 Å². The zero-order valence-electron chi connectivity index (χ0n) is 12.0. The lowest BCUT2D eigenvalue weighted by Gasteiger charge is -2.22. The van der Waals surface area contributed by atoms with Crippen LogP contribution in [-0.2, 0) is 4.79 Å². The summed E-state index contributed by atoms with van der Waals surface area (Å²) >= 11 is 0. The number of carbonyl (C=O) groups excluding carboxylic acids is 1. The fourth-order valence-corrected chi connectivity index (χ4v) is 2.58. The van der Waals surface area contributed by atoms with Crippen molar-refractivity contribution in [1.29, 1.82) is 0 Å². The first kappa shape index (κ1) is 14.9. The lowest BCUT2D eigenvalue weighted by atomic mass is 9.89. The molecule has 2 heterocycles. The maximum absolute atomic E-state index is 12.0. The van der Waals surface area contributed by atoms with Gasteiger partial charge in [-0.25, -0.2) is 0 Å². The Morgan fingerprint density at radius 1 is 1.60 bits per heavy atom. The maximum Gasteiger partial charge on any atom is 0.237 e. The van der Waals surface area contributed by atoms with E-state index in [9.17, 15) is 9.90 Å². The molecular weight excluding hydrogens is 254 g/mol. The van der Waals surface area contributed by atoms with Crippen LogP contribution in [0.4, 0.5) is 0 Å². The van der Waals surface area contributed by atoms with E-state index in [1.54, 1.807) is 6.20 Å². The number of rotatable bonds is 5. The van der Waals surface area contributed by atoms with E-state index in [4.69, 9.17) is 0 Å². The average Bonchev–Trinajstić information content (AvgIpc) is 2.86. The third-order valence-corrected chi connectivity index (χ3v) is 3.84. The molecule has 0 spiro atoms. The summed E-state index contributed by atoms with van der Waals surface area (Å²) in [6, 6.07) is 3.69. The number of β-amino-alcohol motifs (C(OH)–C–C–N with tert-alkyl or cyclic N) is 1. The van der Waals surface area contributed by atoms with E-state index < -0.39 is 6.10 Å². The molecule has 1 saturated heterocycles. The summed E-state index contributed by atoms with van der Waals surface area (Å²) in [6.45, 7) is 5.37. The molecule has 3 unspecified atom stereocenters. The molecule has 3 N–H and O–H groups in total. The number of nitrogens with one attached hydrogen (secondary N) is 2. The van der Waals surface area contributed by atoms with E-state index in [0.717, 1.165) is 5.56 Å². The number of pyridine rings is 1. The molecule has 1 amide bonds. The molecule has 3 atom stereocenters. The van der Waals surface area contributed by atoms with Gasteiger partial charge in [0.15, 0.2) is 0 Å². The average molecular weight is 277 g/mol. The van der Waals surface area contributed by atoms with Gasteiger partial charge in [-0.1, -0.05) is 19.9 Å². The highest BCUT2D eigenvalue weighted by atomic mass is 16.3. The normalized spacial score (nSPS) is 23.8. The summed E-state index contributed by atoms with van der Waals surface area (Å²) in [5.74, 6) is 0.636. The van der Waals surface area contributed by atoms with E-state index >= 15 is 0 Å². The van der Waals surface area contributed by atoms with Crippen LogP contribution in [0.3, 0.4) is 0 Å². The fourth-order valence-electron chi connectivity index (χ4n) is 2.58. The van der Waals surface area contributed by atoms with Crippen molar-refractivity contribution in [2.24, 2.45) is 5.92 Å². The highest BCUT2D eigenvalue weighted by Crippen LogP contribution is 2.22. The van der Waals surface area contributed by atoms with Crippen LogP contribution in [0, 0.1) is 5.92 Å². The Morgan fingerprint density at radius 3 is 2.95 bits per heavy atom. The van der Waals surface area contributed by atoms with Crippen LogP contribution in [0.2, 0.25) is 0 Å². The minimum Gasteiger partial charge on any atom is -0.392 e. The molecule has 110 valence electrons. The van der Waals surface area contributed by atoms with Crippen LogP contribution in [0.1, 0.15) is 31.7 Å². The van der Waals surface area contributed by atoms with Crippen LogP contribution >= 0.6 is 0 Å². The molecule has 0 bridgehead atoms. The molecule has 2 rings (SSSR count). The standard InChI is InChI=1S/C15H23N3O2/c1-10(2)13(11-4-3-5-16-7-11)9-18-15(20)14-6-12(19)8-17-14/h3-5,7,10,12-14,17,19H,6,8-9H2,1-2H3,(H,18,20). The molecule has 1 aliphatic heterocycles. The zero-order valence-corrected chi connectivity index (χ0v) is 12.0. The zero-order chi connectivity index (χ0) is 14.5. The smallest absolute Gasteiger partial charge is 0.237 e. The quantitative estimate of drug-likeness (QED) is 0.739. The third-order valence-electron chi connectivity index (χ3n) is 3.84. The summed E-state index contributed by atoms with van der Waals surface area (Å²) in [7, 11) is 0. The van der Waals surface area contributed by atoms with Crippen LogP contribution in [0.5, 0.6) is 0 Å². The number of hydrogen-bond acceptors (Lipinski definition) is 4. The first-order valence-electron chi connectivity index (χ1n) is 7.17. The van der Waals surface area contributed by atoms with E-state index in [0.29, 0.717) is 25.4 Å². The monoisotopic (exact) mass is 277 g/mol. The van der Waals surface area contributed by atoms with E-state index in [2.05, 4.69) is 29.5 Å². The van der Waals surface area contributed by atoms with Crippen molar-refractivity contribution in [3.63, 3.8) is 0 Å². The number of hydrogen-bond donors (Lipinski definition) is 3. The number of aliphatic hydroxyl groups excluding tert-OH is 1. The van der Waals surface area contributed by atoms with Gasteiger partial charge in [-0.05, 0) is 24.0 Å². The highest BCUT2D eigenvalue weighted by molar-refractivity contribution is 5.82. The van der Waals surface area contributed by atoms with Gasteiger partial charge in [0, 0.05) is 31.4 Å². The molecule has 1 aromatic heterocycles. The molecule has 20 heavy (non-hydrogen) atoms. The van der Waals surface area contributed by atoms with Gasteiger partial charge in [0.25, 0.3) is 0 Å². The molecule has 1 fully saturated rings. The number of nitrogens with zero attached hydrogens (tertiary/aromatic N) is 1. The van der Waals surface area contributed by atoms with Gasteiger partial charge < -0.3 is 15.7 Å². The van der Waals surface area contributed by atoms with Gasteiger partial charge in [0.05, 0.1) is 12.1 Å². The second-order valence-electron chi connectivity index (χ2n) is 5.73. The van der Waals surface area contributed by atoms with Crippen LogP contribution < -0.4 is 10.6 Å². The second kappa shape index (κ2) is 6.81. The van der Waals surface area contributed by atoms with Gasteiger partial charge in [0.1, 0.15) is 0 Å². The van der Waals surface area contributed by atoms with Crippen molar-refractivity contribution in [3.8, 4) is 0 Å². The van der Waals surface area contributed by atoms with E-state index in [1.807, 2.05) is 18.3 Å². The first-order chi connectivity index (χ1) is 9.58. The third kappa shape index (κ3) is 3.77. The molecule has 0 aromatic carbocycles. The summed E-state index contributed by atoms with van der Waals surface area (Å²) in [5, 5.41) is 15.5. The predicted octanol–water partition coefficient (Wildman–Crippen LogP) is 0.660. The van der Waals surface area contributed by atoms with Crippen LogP contribution in [0.15, 0.2) is 24.5 Å².